The smallest absolute Gasteiger partial charge is 0.290 e. The molecule has 1 unspecified atom stereocenters. The number of pyridine rings is 1. The Kier molecular flexibility index (Phi) is 3.79. The number of rotatable bonds is 3. The average molecular weight is 297 g/mol. The Morgan fingerprint density at radius 2 is 2.18 bits per heavy atom. The summed E-state index contributed by atoms with van der Waals surface area (Å²) in [5.74, 6) is 0.824. The normalized spacial score (nSPS) is 17.2. The third kappa shape index (κ3) is 2.43. The molecule has 0 spiro atoms. The van der Waals surface area contributed by atoms with Crippen molar-refractivity contribution in [3.8, 4) is 0 Å². The number of aryl methyl sites for hydroxylation is 1. The molecule has 5 heteroatoms. The van der Waals surface area contributed by atoms with Crippen molar-refractivity contribution in [1.29, 1.82) is 0 Å². The Hall–Kier alpha value is -2.43. The van der Waals surface area contributed by atoms with Gasteiger partial charge in [0.15, 0.2) is 0 Å². The molecular weight excluding hydrogens is 278 g/mol. The highest BCUT2D eigenvalue weighted by molar-refractivity contribution is 5.52. The second-order valence-electron chi connectivity index (χ2n) is 5.65. The van der Waals surface area contributed by atoms with Gasteiger partial charge in [0.25, 0.3) is 5.69 Å². The van der Waals surface area contributed by atoms with Crippen molar-refractivity contribution in [2.45, 2.75) is 32.7 Å². The minimum atomic E-state index is -0.380. The van der Waals surface area contributed by atoms with Crippen molar-refractivity contribution in [3.05, 3.63) is 63.3 Å². The molecular formula is C17H19N3O2. The van der Waals surface area contributed by atoms with E-state index in [9.17, 15) is 10.1 Å². The van der Waals surface area contributed by atoms with Crippen LogP contribution in [0.3, 0.4) is 0 Å². The number of hydrogen-bond acceptors (Lipinski definition) is 4. The molecule has 0 radical (unpaired) electrons. The Balaban J connectivity index is 1.99. The number of aromatic nitrogens is 1. The molecule has 1 atom stereocenters. The number of nitro groups is 1. The van der Waals surface area contributed by atoms with Gasteiger partial charge in [0, 0.05) is 12.1 Å². The quantitative estimate of drug-likeness (QED) is 0.638. The fraction of sp³-hybridized carbons (Fsp3) is 0.353. The van der Waals surface area contributed by atoms with Crippen molar-refractivity contribution in [2.24, 2.45) is 0 Å². The third-order valence-corrected chi connectivity index (χ3v) is 4.36. The van der Waals surface area contributed by atoms with Crippen LogP contribution in [-0.4, -0.2) is 16.5 Å². The van der Waals surface area contributed by atoms with Gasteiger partial charge in [0.2, 0.25) is 0 Å². The zero-order chi connectivity index (χ0) is 15.7. The van der Waals surface area contributed by atoms with E-state index in [0.717, 1.165) is 25.2 Å². The lowest BCUT2D eigenvalue weighted by atomic mass is 9.91. The zero-order valence-corrected chi connectivity index (χ0v) is 12.8. The van der Waals surface area contributed by atoms with Crippen molar-refractivity contribution >= 4 is 11.5 Å². The summed E-state index contributed by atoms with van der Waals surface area (Å²) in [6.45, 7) is 4.82. The fourth-order valence-electron chi connectivity index (χ4n) is 3.25. The van der Waals surface area contributed by atoms with E-state index in [1.165, 1.54) is 17.3 Å². The maximum absolute atomic E-state index is 10.9. The lowest BCUT2D eigenvalue weighted by Crippen LogP contribution is -2.35. The lowest BCUT2D eigenvalue weighted by molar-refractivity contribution is -0.385. The van der Waals surface area contributed by atoms with Crippen LogP contribution in [0.4, 0.5) is 11.5 Å². The topological polar surface area (TPSA) is 59.3 Å². The SMILES string of the molecule is CCC1c2ccccc2CCN1c1cc(C)c([N+](=O)[O-])cn1. The van der Waals surface area contributed by atoms with E-state index >= 15 is 0 Å². The minimum Gasteiger partial charge on any atom is -0.349 e. The fourth-order valence-corrected chi connectivity index (χ4v) is 3.25. The van der Waals surface area contributed by atoms with Crippen LogP contribution in [0.25, 0.3) is 0 Å². The summed E-state index contributed by atoms with van der Waals surface area (Å²) >= 11 is 0. The average Bonchev–Trinajstić information content (AvgIpc) is 2.53. The van der Waals surface area contributed by atoms with Crippen molar-refractivity contribution in [2.75, 3.05) is 11.4 Å². The Labute approximate surface area is 129 Å². The molecule has 0 saturated carbocycles. The highest BCUT2D eigenvalue weighted by Crippen LogP contribution is 2.35. The number of hydrogen-bond donors (Lipinski definition) is 0. The molecule has 0 amide bonds. The van der Waals surface area contributed by atoms with Gasteiger partial charge in [-0.05, 0) is 37.0 Å². The number of anilines is 1. The van der Waals surface area contributed by atoms with Crippen LogP contribution in [0.5, 0.6) is 0 Å². The maximum atomic E-state index is 10.9. The maximum Gasteiger partial charge on any atom is 0.290 e. The monoisotopic (exact) mass is 297 g/mol. The summed E-state index contributed by atoms with van der Waals surface area (Å²) < 4.78 is 0. The predicted molar refractivity (Wildman–Crippen MR) is 86.2 cm³/mol. The first kappa shape index (κ1) is 14.5. The Bertz CT molecular complexity index is 715. The second-order valence-corrected chi connectivity index (χ2v) is 5.65. The first-order valence-corrected chi connectivity index (χ1v) is 7.57. The zero-order valence-electron chi connectivity index (χ0n) is 12.8. The van der Waals surface area contributed by atoms with E-state index in [-0.39, 0.29) is 16.7 Å². The molecule has 2 aromatic rings. The minimum absolute atomic E-state index is 0.0780. The van der Waals surface area contributed by atoms with Gasteiger partial charge in [0.1, 0.15) is 12.0 Å². The van der Waals surface area contributed by atoms with Gasteiger partial charge in [-0.2, -0.15) is 0 Å². The first-order chi connectivity index (χ1) is 10.6. The second kappa shape index (κ2) is 5.75. The van der Waals surface area contributed by atoms with Gasteiger partial charge < -0.3 is 4.90 Å². The molecule has 0 fully saturated rings. The summed E-state index contributed by atoms with van der Waals surface area (Å²) in [5.41, 5.74) is 3.47. The number of benzene rings is 1. The van der Waals surface area contributed by atoms with Crippen molar-refractivity contribution < 1.29 is 4.92 Å². The summed E-state index contributed by atoms with van der Waals surface area (Å²) in [4.78, 5) is 17.2. The predicted octanol–water partition coefficient (Wildman–Crippen LogP) is 3.81. The molecule has 0 saturated heterocycles. The molecule has 0 aliphatic carbocycles. The molecule has 114 valence electrons. The van der Waals surface area contributed by atoms with Crippen LogP contribution >= 0.6 is 0 Å². The molecule has 1 aromatic carbocycles. The molecule has 1 aliphatic rings. The Morgan fingerprint density at radius 3 is 2.86 bits per heavy atom. The summed E-state index contributed by atoms with van der Waals surface area (Å²) in [6.07, 6.45) is 3.33. The van der Waals surface area contributed by atoms with Crippen LogP contribution in [0.15, 0.2) is 36.5 Å². The number of fused-ring (bicyclic) bond motifs is 1. The third-order valence-electron chi connectivity index (χ3n) is 4.36. The molecule has 1 aromatic heterocycles. The van der Waals surface area contributed by atoms with Crippen LogP contribution in [0, 0.1) is 17.0 Å². The van der Waals surface area contributed by atoms with Crippen molar-refractivity contribution in [3.63, 3.8) is 0 Å². The van der Waals surface area contributed by atoms with Gasteiger partial charge in [-0.1, -0.05) is 31.2 Å². The van der Waals surface area contributed by atoms with E-state index in [0.29, 0.717) is 5.56 Å². The first-order valence-electron chi connectivity index (χ1n) is 7.57. The van der Waals surface area contributed by atoms with Gasteiger partial charge in [-0.15, -0.1) is 0 Å². The van der Waals surface area contributed by atoms with Crippen LogP contribution < -0.4 is 4.90 Å². The summed E-state index contributed by atoms with van der Waals surface area (Å²) in [7, 11) is 0. The highest BCUT2D eigenvalue weighted by Gasteiger charge is 2.27. The molecule has 0 bridgehead atoms. The van der Waals surface area contributed by atoms with E-state index < -0.39 is 0 Å². The van der Waals surface area contributed by atoms with E-state index in [1.54, 1.807) is 6.92 Å². The summed E-state index contributed by atoms with van der Waals surface area (Å²) in [5, 5.41) is 10.9. The highest BCUT2D eigenvalue weighted by atomic mass is 16.6. The largest absolute Gasteiger partial charge is 0.349 e. The van der Waals surface area contributed by atoms with E-state index in [2.05, 4.69) is 41.1 Å². The van der Waals surface area contributed by atoms with Crippen LogP contribution in [0.1, 0.15) is 36.1 Å². The molecule has 22 heavy (non-hydrogen) atoms. The molecule has 5 nitrogen and oxygen atoms in total. The van der Waals surface area contributed by atoms with Crippen molar-refractivity contribution in [1.82, 2.24) is 4.98 Å². The van der Waals surface area contributed by atoms with E-state index in [4.69, 9.17) is 0 Å². The summed E-state index contributed by atoms with van der Waals surface area (Å²) in [6, 6.07) is 10.6. The Morgan fingerprint density at radius 1 is 1.41 bits per heavy atom. The lowest BCUT2D eigenvalue weighted by Gasteiger charge is -2.38. The van der Waals surface area contributed by atoms with Gasteiger partial charge in [-0.3, -0.25) is 10.1 Å². The van der Waals surface area contributed by atoms with Gasteiger partial charge >= 0.3 is 0 Å². The van der Waals surface area contributed by atoms with E-state index in [1.807, 2.05) is 6.07 Å². The number of nitrogens with zero attached hydrogens (tertiary/aromatic N) is 3. The van der Waals surface area contributed by atoms with Gasteiger partial charge in [0.05, 0.1) is 11.0 Å². The standard InChI is InChI=1S/C17H19N3O2/c1-3-15-14-7-5-4-6-13(14)8-9-19(15)17-10-12(2)16(11-18-17)20(21)22/h4-7,10-11,15H,3,8-9H2,1-2H3. The molecule has 2 heterocycles. The van der Waals surface area contributed by atoms with Gasteiger partial charge in [-0.25, -0.2) is 4.98 Å². The van der Waals surface area contributed by atoms with Crippen LogP contribution in [0.2, 0.25) is 0 Å². The molecule has 1 aliphatic heterocycles. The molecule has 0 N–H and O–H groups in total. The molecule has 3 rings (SSSR count). The van der Waals surface area contributed by atoms with Crippen LogP contribution in [-0.2, 0) is 6.42 Å².